The summed E-state index contributed by atoms with van der Waals surface area (Å²) in [4.78, 5) is 24.8. The third kappa shape index (κ3) is 4.18. The Hall–Kier alpha value is -1.30. The van der Waals surface area contributed by atoms with Crippen LogP contribution >= 0.6 is 0 Å². The maximum atomic E-state index is 11.7. The second-order valence-corrected chi connectivity index (χ2v) is 5.05. The molecular weight excluding hydrogens is 234 g/mol. The molecule has 0 aromatic rings. The van der Waals surface area contributed by atoms with E-state index in [0.717, 1.165) is 19.5 Å². The Kier molecular flexibility index (Phi) is 5.40. The highest BCUT2D eigenvalue weighted by molar-refractivity contribution is 5.82. The predicted molar refractivity (Wildman–Crippen MR) is 68.4 cm³/mol. The molecule has 0 bridgehead atoms. The van der Waals surface area contributed by atoms with Gasteiger partial charge in [0, 0.05) is 12.6 Å². The molecule has 1 rings (SSSR count). The van der Waals surface area contributed by atoms with Crippen LogP contribution in [-0.4, -0.2) is 54.2 Å². The molecule has 2 amide bonds. The number of hydrogen-bond donors (Lipinski definition) is 3. The van der Waals surface area contributed by atoms with E-state index in [0.29, 0.717) is 12.3 Å². The first-order valence-electron chi connectivity index (χ1n) is 6.42. The standard InChI is InChI=1S/C12H23N3O3/c1-4-9(11(16)17)13-12(18)14-10-5-6-15(3)7-8(10)2/h8-10H,4-7H2,1-3H3,(H,16,17)(H2,13,14,18). The molecule has 0 saturated carbocycles. The molecule has 1 aliphatic heterocycles. The van der Waals surface area contributed by atoms with Crippen LogP contribution in [0.15, 0.2) is 0 Å². The van der Waals surface area contributed by atoms with Crippen LogP contribution in [0.2, 0.25) is 0 Å². The Morgan fingerprint density at radius 3 is 2.67 bits per heavy atom. The van der Waals surface area contributed by atoms with E-state index in [-0.39, 0.29) is 12.1 Å². The molecule has 3 N–H and O–H groups in total. The van der Waals surface area contributed by atoms with E-state index in [2.05, 4.69) is 29.5 Å². The number of urea groups is 1. The van der Waals surface area contributed by atoms with Crippen LogP contribution in [0.5, 0.6) is 0 Å². The lowest BCUT2D eigenvalue weighted by Gasteiger charge is -2.35. The molecule has 0 aromatic heterocycles. The maximum Gasteiger partial charge on any atom is 0.326 e. The van der Waals surface area contributed by atoms with E-state index in [1.54, 1.807) is 6.92 Å². The highest BCUT2D eigenvalue weighted by atomic mass is 16.4. The Labute approximate surface area is 108 Å². The quantitative estimate of drug-likeness (QED) is 0.684. The molecule has 6 heteroatoms. The van der Waals surface area contributed by atoms with E-state index in [1.165, 1.54) is 0 Å². The summed E-state index contributed by atoms with van der Waals surface area (Å²) in [7, 11) is 2.06. The molecular formula is C12H23N3O3. The summed E-state index contributed by atoms with van der Waals surface area (Å²) in [6, 6.07) is -1.08. The van der Waals surface area contributed by atoms with Crippen molar-refractivity contribution in [3.05, 3.63) is 0 Å². The van der Waals surface area contributed by atoms with Gasteiger partial charge in [0.2, 0.25) is 0 Å². The van der Waals surface area contributed by atoms with Gasteiger partial charge in [-0.3, -0.25) is 0 Å². The molecule has 0 aromatic carbocycles. The second-order valence-electron chi connectivity index (χ2n) is 5.05. The highest BCUT2D eigenvalue weighted by Gasteiger charge is 2.26. The topological polar surface area (TPSA) is 81.7 Å². The summed E-state index contributed by atoms with van der Waals surface area (Å²) in [6.45, 7) is 5.72. The van der Waals surface area contributed by atoms with Crippen molar-refractivity contribution in [3.63, 3.8) is 0 Å². The van der Waals surface area contributed by atoms with E-state index in [1.807, 2.05) is 0 Å². The first-order valence-corrected chi connectivity index (χ1v) is 6.42. The van der Waals surface area contributed by atoms with E-state index >= 15 is 0 Å². The fourth-order valence-electron chi connectivity index (χ4n) is 2.28. The molecule has 3 atom stereocenters. The van der Waals surface area contributed by atoms with Crippen LogP contribution in [-0.2, 0) is 4.79 Å². The first-order chi connectivity index (χ1) is 8.43. The monoisotopic (exact) mass is 257 g/mol. The largest absolute Gasteiger partial charge is 0.480 e. The number of carbonyl (C=O) groups is 2. The maximum absolute atomic E-state index is 11.7. The van der Waals surface area contributed by atoms with Gasteiger partial charge in [-0.05, 0) is 32.4 Å². The minimum Gasteiger partial charge on any atom is -0.480 e. The SMILES string of the molecule is CCC(NC(=O)NC1CCN(C)CC1C)C(=O)O. The lowest BCUT2D eigenvalue weighted by atomic mass is 9.94. The summed E-state index contributed by atoms with van der Waals surface area (Å²) < 4.78 is 0. The lowest BCUT2D eigenvalue weighted by Crippen LogP contribution is -2.54. The fraction of sp³-hybridized carbons (Fsp3) is 0.833. The van der Waals surface area contributed by atoms with E-state index < -0.39 is 12.0 Å². The number of piperidine rings is 1. The van der Waals surface area contributed by atoms with Gasteiger partial charge < -0.3 is 20.6 Å². The van der Waals surface area contributed by atoms with Crippen LogP contribution in [0.25, 0.3) is 0 Å². The molecule has 18 heavy (non-hydrogen) atoms. The Morgan fingerprint density at radius 2 is 2.17 bits per heavy atom. The van der Waals surface area contributed by atoms with Crippen molar-refractivity contribution in [3.8, 4) is 0 Å². The van der Waals surface area contributed by atoms with Gasteiger partial charge in [0.05, 0.1) is 0 Å². The number of nitrogens with one attached hydrogen (secondary N) is 2. The number of carboxylic acids is 1. The van der Waals surface area contributed by atoms with Gasteiger partial charge in [0.15, 0.2) is 0 Å². The molecule has 1 aliphatic rings. The molecule has 6 nitrogen and oxygen atoms in total. The van der Waals surface area contributed by atoms with Crippen molar-refractivity contribution in [1.82, 2.24) is 15.5 Å². The number of rotatable bonds is 4. The van der Waals surface area contributed by atoms with Crippen molar-refractivity contribution in [1.29, 1.82) is 0 Å². The van der Waals surface area contributed by atoms with Gasteiger partial charge in [-0.25, -0.2) is 9.59 Å². The normalized spacial score (nSPS) is 26.4. The number of hydrogen-bond acceptors (Lipinski definition) is 3. The average Bonchev–Trinajstić information content (AvgIpc) is 2.29. The third-order valence-electron chi connectivity index (χ3n) is 3.44. The molecule has 1 saturated heterocycles. The van der Waals surface area contributed by atoms with Crippen LogP contribution in [0.3, 0.4) is 0 Å². The zero-order valence-electron chi connectivity index (χ0n) is 11.3. The molecule has 0 aliphatic carbocycles. The van der Waals surface area contributed by atoms with Crippen molar-refractivity contribution < 1.29 is 14.7 Å². The van der Waals surface area contributed by atoms with Crippen LogP contribution in [0.4, 0.5) is 4.79 Å². The summed E-state index contributed by atoms with van der Waals surface area (Å²) in [5, 5.41) is 14.2. The van der Waals surface area contributed by atoms with E-state index in [9.17, 15) is 9.59 Å². The predicted octanol–water partition coefficient (Wildman–Crippen LogP) is 0.489. The number of aliphatic carboxylic acids is 1. The van der Waals surface area contributed by atoms with Crippen molar-refractivity contribution in [2.75, 3.05) is 20.1 Å². The molecule has 1 fully saturated rings. The number of amides is 2. The van der Waals surface area contributed by atoms with Crippen LogP contribution in [0, 0.1) is 5.92 Å². The molecule has 0 radical (unpaired) electrons. The zero-order valence-corrected chi connectivity index (χ0v) is 11.3. The Morgan fingerprint density at radius 1 is 1.50 bits per heavy atom. The lowest BCUT2D eigenvalue weighted by molar-refractivity contribution is -0.139. The van der Waals surface area contributed by atoms with Gasteiger partial charge in [0.25, 0.3) is 0 Å². The number of carboxylic acid groups (broad SMARTS) is 1. The number of likely N-dealkylation sites (tertiary alicyclic amines) is 1. The minimum atomic E-state index is -0.996. The third-order valence-corrected chi connectivity index (χ3v) is 3.44. The minimum absolute atomic E-state index is 0.118. The van der Waals surface area contributed by atoms with Gasteiger partial charge in [-0.15, -0.1) is 0 Å². The van der Waals surface area contributed by atoms with Crippen LogP contribution < -0.4 is 10.6 Å². The molecule has 104 valence electrons. The van der Waals surface area contributed by atoms with Crippen molar-refractivity contribution >= 4 is 12.0 Å². The summed E-state index contributed by atoms with van der Waals surface area (Å²) in [6.07, 6.45) is 1.28. The van der Waals surface area contributed by atoms with Gasteiger partial charge >= 0.3 is 12.0 Å². The first kappa shape index (κ1) is 14.8. The zero-order chi connectivity index (χ0) is 13.7. The van der Waals surface area contributed by atoms with E-state index in [4.69, 9.17) is 5.11 Å². The summed E-state index contributed by atoms with van der Waals surface area (Å²) in [5.41, 5.74) is 0. The smallest absolute Gasteiger partial charge is 0.326 e. The number of nitrogens with zero attached hydrogens (tertiary/aromatic N) is 1. The summed E-state index contributed by atoms with van der Waals surface area (Å²) in [5.74, 6) is -0.622. The molecule has 1 heterocycles. The number of carbonyl (C=O) groups excluding carboxylic acids is 1. The summed E-state index contributed by atoms with van der Waals surface area (Å²) >= 11 is 0. The van der Waals surface area contributed by atoms with Crippen LogP contribution in [0.1, 0.15) is 26.7 Å². The Bertz CT molecular complexity index is 309. The van der Waals surface area contributed by atoms with Gasteiger partial charge in [-0.2, -0.15) is 0 Å². The van der Waals surface area contributed by atoms with Crippen molar-refractivity contribution in [2.45, 2.75) is 38.8 Å². The van der Waals surface area contributed by atoms with Crippen molar-refractivity contribution in [2.24, 2.45) is 5.92 Å². The second kappa shape index (κ2) is 6.58. The fourth-order valence-corrected chi connectivity index (χ4v) is 2.28. The Balaban J connectivity index is 2.42. The molecule has 3 unspecified atom stereocenters. The highest BCUT2D eigenvalue weighted by Crippen LogP contribution is 2.15. The average molecular weight is 257 g/mol. The molecule has 0 spiro atoms. The van der Waals surface area contributed by atoms with Gasteiger partial charge in [0.1, 0.15) is 6.04 Å². The van der Waals surface area contributed by atoms with Gasteiger partial charge in [-0.1, -0.05) is 13.8 Å².